The highest BCUT2D eigenvalue weighted by Crippen LogP contribution is 2.31. The number of anilines is 1. The van der Waals surface area contributed by atoms with Gasteiger partial charge in [0, 0.05) is 13.1 Å². The lowest BCUT2D eigenvalue weighted by atomic mass is 9.89. The lowest BCUT2D eigenvalue weighted by molar-refractivity contribution is -0.140. The number of piperidine rings is 1. The van der Waals surface area contributed by atoms with Gasteiger partial charge in [-0.3, -0.25) is 13.7 Å². The van der Waals surface area contributed by atoms with Crippen molar-refractivity contribution in [1.82, 2.24) is 4.90 Å². The van der Waals surface area contributed by atoms with Crippen molar-refractivity contribution in [2.45, 2.75) is 18.9 Å². The average Bonchev–Trinajstić information content (AvgIpc) is 2.95. The van der Waals surface area contributed by atoms with Crippen LogP contribution in [0.1, 0.15) is 12.8 Å². The summed E-state index contributed by atoms with van der Waals surface area (Å²) in [6.07, 6.45) is 0.761. The van der Waals surface area contributed by atoms with Crippen LogP contribution >= 0.6 is 0 Å². The Morgan fingerprint density at radius 1 is 0.947 bits per heavy atom. The van der Waals surface area contributed by atoms with Gasteiger partial charge in [-0.1, -0.05) is 42.5 Å². The summed E-state index contributed by atoms with van der Waals surface area (Å²) in [6, 6.07) is 22.1. The first-order chi connectivity index (χ1) is 18.4. The van der Waals surface area contributed by atoms with E-state index in [0.29, 0.717) is 37.4 Å². The Balaban J connectivity index is 1.43. The number of likely N-dealkylation sites (tertiary alicyclic amines) is 1. The molecular weight excluding hydrogens is 508 g/mol. The van der Waals surface area contributed by atoms with Crippen molar-refractivity contribution >= 4 is 28.8 Å². The molecule has 0 spiro atoms. The molecule has 0 bridgehead atoms. The highest BCUT2D eigenvalue weighted by molar-refractivity contribution is 7.80. The summed E-state index contributed by atoms with van der Waals surface area (Å²) in [5, 5.41) is 10.1. The predicted octanol–water partition coefficient (Wildman–Crippen LogP) is 4.08. The molecule has 3 aromatic carbocycles. The fourth-order valence-electron chi connectivity index (χ4n) is 4.64. The van der Waals surface area contributed by atoms with Gasteiger partial charge in [0.05, 0.1) is 12.8 Å². The lowest BCUT2D eigenvalue weighted by Crippen LogP contribution is -2.51. The number of carbonyl (C=O) groups is 2. The maximum absolute atomic E-state index is 12.6. The van der Waals surface area contributed by atoms with E-state index >= 15 is 0 Å². The molecule has 3 aromatic rings. The minimum absolute atomic E-state index is 0.107. The minimum Gasteiger partial charge on any atom is -0.497 e. The van der Waals surface area contributed by atoms with E-state index in [1.54, 1.807) is 48.4 Å². The fourth-order valence-corrected chi connectivity index (χ4v) is 5.40. The number of para-hydroxylation sites is 1. The van der Waals surface area contributed by atoms with E-state index in [4.69, 9.17) is 9.47 Å². The van der Waals surface area contributed by atoms with Crippen LogP contribution in [0.25, 0.3) is 11.1 Å². The molecule has 4 rings (SSSR count). The number of ether oxygens (including phenoxy) is 2. The molecule has 0 saturated carbocycles. The van der Waals surface area contributed by atoms with Gasteiger partial charge in [0.1, 0.15) is 17.5 Å². The second-order valence-electron chi connectivity index (χ2n) is 8.93. The van der Waals surface area contributed by atoms with E-state index in [9.17, 15) is 23.5 Å². The Hall–Kier alpha value is -3.89. The number of hydrogen-bond acceptors (Lipinski definition) is 5. The first-order valence-corrected chi connectivity index (χ1v) is 13.3. The van der Waals surface area contributed by atoms with E-state index in [2.05, 4.69) is 0 Å². The Morgan fingerprint density at radius 3 is 2.05 bits per heavy atom. The molecule has 0 aliphatic carbocycles. The fraction of sp³-hybridized carbons (Fsp3) is 0.286. The van der Waals surface area contributed by atoms with Gasteiger partial charge in [-0.15, -0.1) is 0 Å². The Morgan fingerprint density at radius 2 is 1.53 bits per heavy atom. The number of benzene rings is 3. The van der Waals surface area contributed by atoms with Gasteiger partial charge >= 0.3 is 5.97 Å². The van der Waals surface area contributed by atoms with Crippen LogP contribution < -0.4 is 13.8 Å². The number of carboxylic acid groups (broad SMARTS) is 1. The van der Waals surface area contributed by atoms with Crippen molar-refractivity contribution in [3.63, 3.8) is 0 Å². The van der Waals surface area contributed by atoms with Crippen molar-refractivity contribution in [2.24, 2.45) is 5.92 Å². The highest BCUT2D eigenvalue weighted by atomic mass is 32.2. The Kier molecular flexibility index (Phi) is 8.98. The summed E-state index contributed by atoms with van der Waals surface area (Å²) in [4.78, 5) is 26.6. The zero-order valence-electron chi connectivity index (χ0n) is 20.9. The monoisotopic (exact) mass is 538 g/mol. The zero-order chi connectivity index (χ0) is 27.1. The van der Waals surface area contributed by atoms with Crippen LogP contribution in [0.2, 0.25) is 0 Å². The van der Waals surface area contributed by atoms with Crippen LogP contribution in [0.15, 0.2) is 78.9 Å². The van der Waals surface area contributed by atoms with Crippen molar-refractivity contribution < 1.29 is 32.9 Å². The van der Waals surface area contributed by atoms with Crippen LogP contribution in [-0.4, -0.2) is 63.5 Å². The van der Waals surface area contributed by atoms with Crippen LogP contribution in [-0.2, 0) is 20.9 Å². The molecule has 1 fully saturated rings. The summed E-state index contributed by atoms with van der Waals surface area (Å²) < 4.78 is 34.3. The van der Waals surface area contributed by atoms with E-state index in [-0.39, 0.29) is 12.5 Å². The van der Waals surface area contributed by atoms with Gasteiger partial charge in [-0.25, -0.2) is 9.00 Å². The third-order valence-corrected chi connectivity index (χ3v) is 7.44. The molecule has 9 nitrogen and oxygen atoms in total. The van der Waals surface area contributed by atoms with Gasteiger partial charge < -0.3 is 19.5 Å². The largest absolute Gasteiger partial charge is 0.497 e. The number of methoxy groups -OCH3 is 1. The first-order valence-electron chi connectivity index (χ1n) is 12.2. The number of rotatable bonds is 10. The maximum atomic E-state index is 12.6. The third-order valence-electron chi connectivity index (χ3n) is 6.66. The predicted molar refractivity (Wildman–Crippen MR) is 144 cm³/mol. The van der Waals surface area contributed by atoms with Gasteiger partial charge in [-0.2, -0.15) is 0 Å². The SMILES string of the molecule is COc1ccc(-c2ccc(N(C(C(=O)O)C3CCN(C(=O)COc4ccccc4)CC3)S(=O)O)cc2)cc1. The smallest absolute Gasteiger partial charge is 0.327 e. The van der Waals surface area contributed by atoms with E-state index < -0.39 is 29.2 Å². The molecule has 1 aliphatic heterocycles. The van der Waals surface area contributed by atoms with Crippen molar-refractivity contribution in [3.05, 3.63) is 78.9 Å². The van der Waals surface area contributed by atoms with Crippen molar-refractivity contribution in [1.29, 1.82) is 0 Å². The third kappa shape index (κ3) is 6.51. The molecule has 38 heavy (non-hydrogen) atoms. The molecular formula is C28H30N2O7S. The van der Waals surface area contributed by atoms with Crippen LogP contribution in [0.3, 0.4) is 0 Å². The molecule has 1 aliphatic rings. The number of carbonyl (C=O) groups excluding carboxylic acids is 1. The number of nitrogens with zero attached hydrogens (tertiary/aromatic N) is 2. The standard InChI is InChI=1S/C28H30N2O7S/c1-36-24-13-9-21(10-14-24)20-7-11-23(12-8-20)30(38(34)35)27(28(32)33)22-15-17-29(18-16-22)26(31)19-37-25-5-3-2-4-6-25/h2-14,22,27H,15-19H2,1H3,(H,32,33)(H,34,35). The summed E-state index contributed by atoms with van der Waals surface area (Å²) in [5.41, 5.74) is 2.12. The minimum atomic E-state index is -2.57. The Bertz CT molecular complexity index is 1240. The van der Waals surface area contributed by atoms with Crippen LogP contribution in [0.5, 0.6) is 11.5 Å². The summed E-state index contributed by atoms with van der Waals surface area (Å²) in [5.74, 6) is -0.475. The maximum Gasteiger partial charge on any atom is 0.327 e. The van der Waals surface area contributed by atoms with E-state index in [1.165, 1.54) is 0 Å². The summed E-state index contributed by atoms with van der Waals surface area (Å²) in [6.45, 7) is 0.575. The van der Waals surface area contributed by atoms with Crippen LogP contribution in [0, 0.1) is 5.92 Å². The number of hydrogen-bond donors (Lipinski definition) is 2. The number of aliphatic carboxylic acids is 1. The zero-order valence-corrected chi connectivity index (χ0v) is 21.8. The topological polar surface area (TPSA) is 117 Å². The molecule has 1 amide bonds. The second-order valence-corrected chi connectivity index (χ2v) is 9.79. The van der Waals surface area contributed by atoms with E-state index in [1.807, 2.05) is 42.5 Å². The molecule has 2 N–H and O–H groups in total. The number of carboxylic acids is 1. The van der Waals surface area contributed by atoms with E-state index in [0.717, 1.165) is 21.2 Å². The Labute approximate surface area is 224 Å². The first kappa shape index (κ1) is 27.2. The normalized spacial score (nSPS) is 15.4. The summed E-state index contributed by atoms with van der Waals surface area (Å²) in [7, 11) is 1.59. The van der Waals surface area contributed by atoms with Crippen LogP contribution in [0.4, 0.5) is 5.69 Å². The average molecular weight is 539 g/mol. The molecule has 0 radical (unpaired) electrons. The molecule has 2 unspecified atom stereocenters. The van der Waals surface area contributed by atoms with Gasteiger partial charge in [0.15, 0.2) is 6.61 Å². The molecule has 10 heteroatoms. The molecule has 1 saturated heterocycles. The molecule has 200 valence electrons. The second kappa shape index (κ2) is 12.6. The molecule has 1 heterocycles. The lowest BCUT2D eigenvalue weighted by Gasteiger charge is -2.38. The van der Waals surface area contributed by atoms with Crippen molar-refractivity contribution in [3.8, 4) is 22.6 Å². The molecule has 2 atom stereocenters. The number of amides is 1. The summed E-state index contributed by atoms with van der Waals surface area (Å²) >= 11 is -2.57. The highest BCUT2D eigenvalue weighted by Gasteiger charge is 2.39. The van der Waals surface area contributed by atoms with Gasteiger partial charge in [-0.05, 0) is 66.3 Å². The van der Waals surface area contributed by atoms with Gasteiger partial charge in [0.25, 0.3) is 17.2 Å². The molecule has 0 aromatic heterocycles. The van der Waals surface area contributed by atoms with Crippen molar-refractivity contribution in [2.75, 3.05) is 31.1 Å². The van der Waals surface area contributed by atoms with Gasteiger partial charge in [0.2, 0.25) is 0 Å². The quantitative estimate of drug-likeness (QED) is 0.374.